The van der Waals surface area contributed by atoms with E-state index in [0.717, 1.165) is 10.6 Å². The monoisotopic (exact) mass is 574 g/mol. The normalized spacial score (nSPS) is 23.8. The maximum absolute atomic E-state index is 12.4. The maximum atomic E-state index is 12.4. The summed E-state index contributed by atoms with van der Waals surface area (Å²) in [5.41, 5.74) is -1.63. The molecule has 4 rings (SSSR count). The second kappa shape index (κ2) is 11.2. The second-order valence-electron chi connectivity index (χ2n) is 8.49. The van der Waals surface area contributed by atoms with E-state index in [1.165, 1.54) is 13.1 Å². The van der Waals surface area contributed by atoms with E-state index in [4.69, 9.17) is 60.6 Å². The van der Waals surface area contributed by atoms with Crippen molar-refractivity contribution in [3.05, 3.63) is 101 Å². The number of hydrogen-bond donors (Lipinski definition) is 2. The molecule has 1 saturated heterocycles. The fraction of sp³-hybridized carbons (Fsp3) is 0.333. The summed E-state index contributed by atoms with van der Waals surface area (Å²) in [5.74, 6) is 0. The van der Waals surface area contributed by atoms with E-state index in [1.807, 2.05) is 0 Å². The Hall–Kier alpha value is -1.88. The first-order valence-electron chi connectivity index (χ1n) is 10.8. The summed E-state index contributed by atoms with van der Waals surface area (Å²) in [4.78, 5) is 26.1. The summed E-state index contributed by atoms with van der Waals surface area (Å²) in [5, 5.41) is 13.3. The zero-order valence-corrected chi connectivity index (χ0v) is 21.9. The van der Waals surface area contributed by atoms with Gasteiger partial charge in [-0.05, 0) is 42.3 Å². The van der Waals surface area contributed by atoms with Crippen molar-refractivity contribution < 1.29 is 19.3 Å². The number of halogens is 4. The van der Waals surface area contributed by atoms with Crippen LogP contribution >= 0.6 is 46.4 Å². The van der Waals surface area contributed by atoms with Gasteiger partial charge in [-0.3, -0.25) is 14.3 Å². The number of rotatable bonds is 8. The number of aliphatic hydroxyl groups is 1. The predicted octanol–water partition coefficient (Wildman–Crippen LogP) is 4.60. The molecule has 4 atom stereocenters. The molecule has 8 nitrogen and oxygen atoms in total. The topological polar surface area (TPSA) is 103 Å². The highest BCUT2D eigenvalue weighted by molar-refractivity contribution is 6.35. The van der Waals surface area contributed by atoms with Crippen molar-refractivity contribution in [1.82, 2.24) is 9.55 Å². The summed E-state index contributed by atoms with van der Waals surface area (Å²) in [7, 11) is 0. The van der Waals surface area contributed by atoms with Gasteiger partial charge in [-0.1, -0.05) is 58.5 Å². The number of nitrogens with one attached hydrogen (secondary N) is 1. The zero-order chi connectivity index (χ0) is 26.0. The van der Waals surface area contributed by atoms with E-state index in [2.05, 4.69) is 4.98 Å². The van der Waals surface area contributed by atoms with Gasteiger partial charge in [-0.2, -0.15) is 0 Å². The van der Waals surface area contributed by atoms with Crippen molar-refractivity contribution in [3.8, 4) is 0 Å². The molecule has 0 spiro atoms. The van der Waals surface area contributed by atoms with Crippen molar-refractivity contribution in [2.24, 2.45) is 0 Å². The van der Waals surface area contributed by atoms with Gasteiger partial charge in [0.15, 0.2) is 6.23 Å². The van der Waals surface area contributed by atoms with Gasteiger partial charge in [0, 0.05) is 32.4 Å². The molecule has 0 unspecified atom stereocenters. The smallest absolute Gasteiger partial charge is 0.330 e. The van der Waals surface area contributed by atoms with Gasteiger partial charge in [0.2, 0.25) is 0 Å². The molecular formula is C24H22Cl4N2O6. The summed E-state index contributed by atoms with van der Waals surface area (Å²) < 4.78 is 19.1. The number of aromatic amines is 1. The van der Waals surface area contributed by atoms with Crippen LogP contribution in [0.25, 0.3) is 0 Å². The molecule has 1 aromatic heterocycles. The minimum atomic E-state index is -1.69. The molecule has 2 heterocycles. The highest BCUT2D eigenvalue weighted by Crippen LogP contribution is 2.40. The third-order valence-electron chi connectivity index (χ3n) is 5.81. The Morgan fingerprint density at radius 3 is 2.19 bits per heavy atom. The second-order valence-corrected chi connectivity index (χ2v) is 10.2. The molecule has 2 N–H and O–H groups in total. The minimum Gasteiger partial charge on any atom is -0.383 e. The van der Waals surface area contributed by atoms with Crippen molar-refractivity contribution in [2.75, 3.05) is 6.61 Å². The summed E-state index contributed by atoms with van der Waals surface area (Å²) in [6.45, 7) is 1.67. The van der Waals surface area contributed by atoms with Crippen LogP contribution in [0.3, 0.4) is 0 Å². The van der Waals surface area contributed by atoms with Gasteiger partial charge in [0.05, 0.1) is 19.8 Å². The van der Waals surface area contributed by atoms with Crippen LogP contribution in [-0.4, -0.2) is 39.1 Å². The van der Waals surface area contributed by atoms with Crippen molar-refractivity contribution in [1.29, 1.82) is 0 Å². The Bertz CT molecular complexity index is 1360. The van der Waals surface area contributed by atoms with Crippen LogP contribution in [0.15, 0.2) is 58.3 Å². The van der Waals surface area contributed by atoms with Crippen molar-refractivity contribution in [2.45, 2.75) is 44.2 Å². The van der Waals surface area contributed by atoms with Gasteiger partial charge in [0.25, 0.3) is 5.56 Å². The van der Waals surface area contributed by atoms with Crippen LogP contribution in [0.5, 0.6) is 0 Å². The minimum absolute atomic E-state index is 0.00270. The molecular weight excluding hydrogens is 554 g/mol. The Kier molecular flexibility index (Phi) is 8.49. The first kappa shape index (κ1) is 27.2. The van der Waals surface area contributed by atoms with E-state index in [9.17, 15) is 14.7 Å². The van der Waals surface area contributed by atoms with E-state index in [0.29, 0.717) is 31.2 Å². The zero-order valence-electron chi connectivity index (χ0n) is 18.9. The van der Waals surface area contributed by atoms with Gasteiger partial charge >= 0.3 is 5.69 Å². The fourth-order valence-corrected chi connectivity index (χ4v) is 4.92. The molecule has 1 aliphatic rings. The average molecular weight is 576 g/mol. The van der Waals surface area contributed by atoms with E-state index < -0.39 is 35.3 Å². The lowest BCUT2D eigenvalue weighted by molar-refractivity contribution is -0.116. The molecule has 12 heteroatoms. The van der Waals surface area contributed by atoms with Gasteiger partial charge in [-0.25, -0.2) is 4.79 Å². The van der Waals surface area contributed by atoms with Crippen LogP contribution in [0.2, 0.25) is 20.1 Å². The van der Waals surface area contributed by atoms with Crippen LogP contribution in [0, 0.1) is 0 Å². The van der Waals surface area contributed by atoms with Gasteiger partial charge < -0.3 is 19.3 Å². The lowest BCUT2D eigenvalue weighted by Crippen LogP contribution is -2.48. The molecule has 0 bridgehead atoms. The van der Waals surface area contributed by atoms with Crippen LogP contribution in [0.4, 0.5) is 0 Å². The van der Waals surface area contributed by atoms with Crippen molar-refractivity contribution in [3.63, 3.8) is 0 Å². The van der Waals surface area contributed by atoms with Crippen LogP contribution in [0.1, 0.15) is 24.3 Å². The number of nitrogens with zero attached hydrogens (tertiary/aromatic N) is 1. The number of ether oxygens (including phenoxy) is 3. The third kappa shape index (κ3) is 5.98. The van der Waals surface area contributed by atoms with Crippen molar-refractivity contribution >= 4 is 46.4 Å². The largest absolute Gasteiger partial charge is 0.383 e. The number of benzene rings is 2. The van der Waals surface area contributed by atoms with Gasteiger partial charge in [0.1, 0.15) is 17.8 Å². The summed E-state index contributed by atoms with van der Waals surface area (Å²) in [6.07, 6.45) is -1.64. The van der Waals surface area contributed by atoms with Crippen LogP contribution < -0.4 is 11.2 Å². The lowest BCUT2D eigenvalue weighted by Gasteiger charge is -2.30. The first-order chi connectivity index (χ1) is 17.1. The molecule has 0 radical (unpaired) electrons. The Morgan fingerprint density at radius 2 is 1.61 bits per heavy atom. The molecule has 3 aromatic rings. The van der Waals surface area contributed by atoms with Gasteiger partial charge in [-0.15, -0.1) is 0 Å². The summed E-state index contributed by atoms with van der Waals surface area (Å²) >= 11 is 24.4. The fourth-order valence-electron chi connectivity index (χ4n) is 4.00. The number of H-pyrrole nitrogens is 1. The Balaban J connectivity index is 1.56. The highest BCUT2D eigenvalue weighted by Gasteiger charge is 2.55. The van der Waals surface area contributed by atoms with Crippen LogP contribution in [-0.2, 0) is 27.4 Å². The SMILES string of the molecule is C[C@@]1(O)[C@H](OCc2ccc(Cl)cc2Cl)[C@@H](COCc2ccc(Cl)cc2Cl)O[C@H]1n1ccc(=O)[nH]c1=O. The van der Waals surface area contributed by atoms with E-state index in [1.54, 1.807) is 36.4 Å². The quantitative estimate of drug-likeness (QED) is 0.407. The van der Waals surface area contributed by atoms with E-state index >= 15 is 0 Å². The maximum Gasteiger partial charge on any atom is 0.330 e. The highest BCUT2D eigenvalue weighted by atomic mass is 35.5. The molecule has 36 heavy (non-hydrogen) atoms. The first-order valence-corrected chi connectivity index (χ1v) is 12.3. The lowest BCUT2D eigenvalue weighted by atomic mass is 9.96. The van der Waals surface area contributed by atoms with E-state index in [-0.39, 0.29) is 19.8 Å². The summed E-state index contributed by atoms with van der Waals surface area (Å²) in [6, 6.07) is 11.2. The predicted molar refractivity (Wildman–Crippen MR) is 137 cm³/mol. The molecule has 1 aliphatic heterocycles. The standard InChI is InChI=1S/C24H22Cl4N2O6/c1-24(33)21(35-11-14-3-5-16(26)9-18(14)28)19(12-34-10-13-2-4-15(25)8-17(13)27)36-22(24)30-7-6-20(31)29-23(30)32/h2-9,19,21-22,33H,10-12H2,1H3,(H,29,31,32)/t19-,21-,22-,24-/m1/s1. The number of hydrogen-bond acceptors (Lipinski definition) is 6. The molecule has 0 aliphatic carbocycles. The molecule has 0 saturated carbocycles. The Labute approximate surface area is 226 Å². The molecule has 1 fully saturated rings. The molecule has 0 amide bonds. The number of aromatic nitrogens is 2. The Morgan fingerprint density at radius 1 is 1.00 bits per heavy atom. The molecule has 2 aromatic carbocycles. The third-order valence-corrected chi connectivity index (χ3v) is 6.98. The molecule has 192 valence electrons. The average Bonchev–Trinajstić information content (AvgIpc) is 3.04.